The summed E-state index contributed by atoms with van der Waals surface area (Å²) < 4.78 is 38.6. The average Bonchev–Trinajstić information content (AvgIpc) is 2.61. The third-order valence-electron chi connectivity index (χ3n) is 5.22. The SMILES string of the molecule is CC1(C(=O)N2CCN(c3cccc(C(F)(F)F)c3)CC2)CCCNC1. The number of piperazine rings is 1. The van der Waals surface area contributed by atoms with E-state index in [1.54, 1.807) is 6.07 Å². The van der Waals surface area contributed by atoms with Crippen molar-refractivity contribution in [2.24, 2.45) is 5.41 Å². The maximum atomic E-state index is 12.9. The van der Waals surface area contributed by atoms with E-state index in [4.69, 9.17) is 0 Å². The highest BCUT2D eigenvalue weighted by Gasteiger charge is 2.38. The first-order valence-electron chi connectivity index (χ1n) is 8.72. The summed E-state index contributed by atoms with van der Waals surface area (Å²) in [5.41, 5.74) is -0.437. The van der Waals surface area contributed by atoms with E-state index in [0.29, 0.717) is 38.4 Å². The highest BCUT2D eigenvalue weighted by atomic mass is 19.4. The lowest BCUT2D eigenvalue weighted by Crippen LogP contribution is -2.55. The van der Waals surface area contributed by atoms with Gasteiger partial charge in [-0.3, -0.25) is 4.79 Å². The molecule has 1 N–H and O–H groups in total. The van der Waals surface area contributed by atoms with Crippen LogP contribution in [0.25, 0.3) is 0 Å². The largest absolute Gasteiger partial charge is 0.416 e. The van der Waals surface area contributed by atoms with Gasteiger partial charge in [0.15, 0.2) is 0 Å². The number of rotatable bonds is 2. The van der Waals surface area contributed by atoms with E-state index in [1.807, 2.05) is 16.7 Å². The van der Waals surface area contributed by atoms with Gasteiger partial charge in [-0.1, -0.05) is 6.07 Å². The number of nitrogens with one attached hydrogen (secondary N) is 1. The summed E-state index contributed by atoms with van der Waals surface area (Å²) in [4.78, 5) is 16.6. The van der Waals surface area contributed by atoms with Gasteiger partial charge in [0.2, 0.25) is 5.91 Å². The summed E-state index contributed by atoms with van der Waals surface area (Å²) in [6.07, 6.45) is -2.46. The second-order valence-corrected chi connectivity index (χ2v) is 7.17. The molecule has 0 radical (unpaired) electrons. The summed E-state index contributed by atoms with van der Waals surface area (Å²) in [6.45, 7) is 5.84. The van der Waals surface area contributed by atoms with E-state index in [0.717, 1.165) is 25.5 Å². The topological polar surface area (TPSA) is 35.6 Å². The van der Waals surface area contributed by atoms with Crippen LogP contribution in [0.5, 0.6) is 0 Å². The predicted octanol–water partition coefficient (Wildman–Crippen LogP) is 2.74. The zero-order valence-corrected chi connectivity index (χ0v) is 14.4. The van der Waals surface area contributed by atoms with E-state index < -0.39 is 11.7 Å². The summed E-state index contributed by atoms with van der Waals surface area (Å²) in [5, 5.41) is 3.29. The summed E-state index contributed by atoms with van der Waals surface area (Å²) in [7, 11) is 0. The Hall–Kier alpha value is -1.76. The average molecular weight is 355 g/mol. The second kappa shape index (κ2) is 6.86. The Balaban J connectivity index is 1.63. The Morgan fingerprint density at radius 1 is 1.20 bits per heavy atom. The van der Waals surface area contributed by atoms with Crippen LogP contribution in [0.15, 0.2) is 24.3 Å². The molecule has 2 aliphatic heterocycles. The van der Waals surface area contributed by atoms with Crippen molar-refractivity contribution in [1.29, 1.82) is 0 Å². The molecule has 0 spiro atoms. The second-order valence-electron chi connectivity index (χ2n) is 7.17. The number of nitrogens with zero attached hydrogens (tertiary/aromatic N) is 2. The number of benzene rings is 1. The third kappa shape index (κ3) is 3.92. The molecule has 0 aromatic heterocycles. The number of amides is 1. The quantitative estimate of drug-likeness (QED) is 0.886. The molecular formula is C18H24F3N3O. The van der Waals surface area contributed by atoms with Crippen molar-refractivity contribution in [2.75, 3.05) is 44.2 Å². The zero-order valence-electron chi connectivity index (χ0n) is 14.4. The lowest BCUT2D eigenvalue weighted by molar-refractivity contribution is -0.142. The smallest absolute Gasteiger partial charge is 0.368 e. The number of halogens is 3. The first kappa shape index (κ1) is 18.0. The fourth-order valence-corrected chi connectivity index (χ4v) is 3.67. The van der Waals surface area contributed by atoms with Crippen molar-refractivity contribution in [1.82, 2.24) is 10.2 Å². The Bertz CT molecular complexity index is 618. The zero-order chi connectivity index (χ0) is 18.1. The van der Waals surface area contributed by atoms with Crippen molar-refractivity contribution < 1.29 is 18.0 Å². The van der Waals surface area contributed by atoms with E-state index >= 15 is 0 Å². The minimum absolute atomic E-state index is 0.156. The number of carbonyl (C=O) groups is 1. The van der Waals surface area contributed by atoms with Crippen LogP contribution in [0.4, 0.5) is 18.9 Å². The first-order chi connectivity index (χ1) is 11.8. The summed E-state index contributed by atoms with van der Waals surface area (Å²) in [6, 6.07) is 5.40. The maximum absolute atomic E-state index is 12.9. The standard InChI is InChI=1S/C18H24F3N3O/c1-17(6-3-7-22-13-17)16(25)24-10-8-23(9-11-24)15-5-2-4-14(12-15)18(19,20)21/h2,4-5,12,22H,3,6-11,13H2,1H3. The Labute approximate surface area is 146 Å². The maximum Gasteiger partial charge on any atom is 0.416 e. The van der Waals surface area contributed by atoms with Crippen LogP contribution in [-0.4, -0.2) is 50.1 Å². The van der Waals surface area contributed by atoms with Gasteiger partial charge in [-0.15, -0.1) is 0 Å². The van der Waals surface area contributed by atoms with Crippen molar-refractivity contribution in [2.45, 2.75) is 25.9 Å². The molecule has 7 heteroatoms. The fraction of sp³-hybridized carbons (Fsp3) is 0.611. The highest BCUT2D eigenvalue weighted by molar-refractivity contribution is 5.83. The molecule has 0 aliphatic carbocycles. The normalized spacial score (nSPS) is 25.1. The Kier molecular flexibility index (Phi) is 4.95. The van der Waals surface area contributed by atoms with Crippen LogP contribution in [-0.2, 0) is 11.0 Å². The third-order valence-corrected chi connectivity index (χ3v) is 5.22. The van der Waals surface area contributed by atoms with E-state index in [-0.39, 0.29) is 11.3 Å². The lowest BCUT2D eigenvalue weighted by Gasteiger charge is -2.42. The van der Waals surface area contributed by atoms with Gasteiger partial charge in [-0.2, -0.15) is 13.2 Å². The van der Waals surface area contributed by atoms with Crippen LogP contribution in [0.2, 0.25) is 0 Å². The van der Waals surface area contributed by atoms with Crippen LogP contribution in [0.3, 0.4) is 0 Å². The number of alkyl halides is 3. The Morgan fingerprint density at radius 2 is 1.92 bits per heavy atom. The number of carbonyl (C=O) groups excluding carboxylic acids is 1. The lowest BCUT2D eigenvalue weighted by atomic mass is 9.81. The van der Waals surface area contributed by atoms with Crippen LogP contribution < -0.4 is 10.2 Å². The summed E-state index contributed by atoms with van der Waals surface area (Å²) in [5.74, 6) is 0.156. The van der Waals surface area contributed by atoms with Crippen molar-refractivity contribution >= 4 is 11.6 Å². The Morgan fingerprint density at radius 3 is 2.52 bits per heavy atom. The molecule has 4 nitrogen and oxygen atoms in total. The van der Waals surface area contributed by atoms with Gasteiger partial charge in [0.05, 0.1) is 11.0 Å². The van der Waals surface area contributed by atoms with Crippen molar-refractivity contribution in [3.8, 4) is 0 Å². The molecule has 3 rings (SSSR count). The molecular weight excluding hydrogens is 331 g/mol. The van der Waals surface area contributed by atoms with Gasteiger partial charge in [-0.05, 0) is 44.5 Å². The fourth-order valence-electron chi connectivity index (χ4n) is 3.67. The van der Waals surface area contributed by atoms with Gasteiger partial charge >= 0.3 is 6.18 Å². The van der Waals surface area contributed by atoms with Crippen molar-refractivity contribution in [3.63, 3.8) is 0 Å². The molecule has 2 aliphatic rings. The van der Waals surface area contributed by atoms with Gasteiger partial charge in [0, 0.05) is 38.4 Å². The molecule has 1 atom stereocenters. The highest BCUT2D eigenvalue weighted by Crippen LogP contribution is 2.32. The minimum Gasteiger partial charge on any atom is -0.368 e. The predicted molar refractivity (Wildman–Crippen MR) is 90.4 cm³/mol. The molecule has 2 heterocycles. The number of hydrogen-bond acceptors (Lipinski definition) is 3. The number of hydrogen-bond donors (Lipinski definition) is 1. The van der Waals surface area contributed by atoms with Gasteiger partial charge in [0.1, 0.15) is 0 Å². The first-order valence-corrected chi connectivity index (χ1v) is 8.72. The van der Waals surface area contributed by atoms with Crippen molar-refractivity contribution in [3.05, 3.63) is 29.8 Å². The molecule has 1 unspecified atom stereocenters. The van der Waals surface area contributed by atoms with E-state index in [9.17, 15) is 18.0 Å². The molecule has 0 saturated carbocycles. The molecule has 0 bridgehead atoms. The van der Waals surface area contributed by atoms with Crippen LogP contribution in [0.1, 0.15) is 25.3 Å². The molecule has 2 fully saturated rings. The van der Waals surface area contributed by atoms with E-state index in [1.165, 1.54) is 12.1 Å². The van der Waals surface area contributed by atoms with Gasteiger partial charge < -0.3 is 15.1 Å². The van der Waals surface area contributed by atoms with Crippen LogP contribution in [0, 0.1) is 5.41 Å². The molecule has 1 aromatic rings. The number of piperidine rings is 1. The number of anilines is 1. The van der Waals surface area contributed by atoms with Gasteiger partial charge in [0.25, 0.3) is 0 Å². The van der Waals surface area contributed by atoms with Crippen LogP contribution >= 0.6 is 0 Å². The van der Waals surface area contributed by atoms with E-state index in [2.05, 4.69) is 5.32 Å². The molecule has 1 amide bonds. The van der Waals surface area contributed by atoms with Gasteiger partial charge in [-0.25, -0.2) is 0 Å². The molecule has 138 valence electrons. The monoisotopic (exact) mass is 355 g/mol. The molecule has 1 aromatic carbocycles. The minimum atomic E-state index is -4.34. The summed E-state index contributed by atoms with van der Waals surface area (Å²) >= 11 is 0. The molecule has 25 heavy (non-hydrogen) atoms. The molecule has 2 saturated heterocycles.